The summed E-state index contributed by atoms with van der Waals surface area (Å²) in [6.07, 6.45) is 7.03. The number of hydrogen-bond acceptors (Lipinski definition) is 3. The number of amides is 1. The van der Waals surface area contributed by atoms with E-state index in [1.807, 2.05) is 0 Å². The molecule has 0 aliphatic heterocycles. The van der Waals surface area contributed by atoms with Gasteiger partial charge in [0.1, 0.15) is 0 Å². The second-order valence-electron chi connectivity index (χ2n) is 7.01. The number of carbonyl (C=O) groups excluding carboxylic acids is 1. The average Bonchev–Trinajstić information content (AvgIpc) is 2.44. The second-order valence-corrected chi connectivity index (χ2v) is 7.01. The fourth-order valence-corrected chi connectivity index (χ4v) is 4.19. The number of carbonyl (C=O) groups is 1. The predicted octanol–water partition coefficient (Wildman–Crippen LogP) is 2.21. The molecule has 2 aliphatic carbocycles. The van der Waals surface area contributed by atoms with E-state index in [1.54, 1.807) is 26.2 Å². The number of halogens is 1. The predicted molar refractivity (Wildman–Crippen MR) is 93.8 cm³/mol. The normalized spacial score (nSPS) is 29.5. The van der Waals surface area contributed by atoms with Gasteiger partial charge in [-0.25, -0.2) is 0 Å². The number of hydrogen-bond donors (Lipinski definition) is 2. The molecule has 1 aromatic heterocycles. The van der Waals surface area contributed by atoms with Crippen LogP contribution in [0, 0.1) is 24.7 Å². The van der Waals surface area contributed by atoms with Gasteiger partial charge in [0.2, 0.25) is 5.91 Å². The Morgan fingerprint density at radius 1 is 1.30 bits per heavy atom. The van der Waals surface area contributed by atoms with Crippen LogP contribution in [0.25, 0.3) is 0 Å². The van der Waals surface area contributed by atoms with E-state index in [9.17, 15) is 9.59 Å². The van der Waals surface area contributed by atoms with Crippen molar-refractivity contribution in [2.24, 2.45) is 30.5 Å². The molecule has 5 nitrogen and oxygen atoms in total. The first-order valence-electron chi connectivity index (χ1n) is 8.19. The van der Waals surface area contributed by atoms with E-state index in [4.69, 9.17) is 5.73 Å². The molecule has 0 radical (unpaired) electrons. The van der Waals surface area contributed by atoms with E-state index >= 15 is 0 Å². The van der Waals surface area contributed by atoms with Crippen LogP contribution in [0.15, 0.2) is 17.1 Å². The van der Waals surface area contributed by atoms with Crippen molar-refractivity contribution < 1.29 is 4.79 Å². The van der Waals surface area contributed by atoms with Crippen LogP contribution in [0.2, 0.25) is 0 Å². The van der Waals surface area contributed by atoms with Gasteiger partial charge in [-0.2, -0.15) is 0 Å². The molecule has 2 aliphatic rings. The number of rotatable bonds is 2. The van der Waals surface area contributed by atoms with E-state index in [-0.39, 0.29) is 35.8 Å². The van der Waals surface area contributed by atoms with Crippen molar-refractivity contribution in [2.75, 3.05) is 5.32 Å². The molecule has 23 heavy (non-hydrogen) atoms. The SMILES string of the molecule is Cc1cc(NC(=O)C2CC3CCCC(C2)C3N)cn(C)c1=O.Cl. The standard InChI is InChI=1S/C17H25N3O2.ClH/c1-10-6-14(9-20(2)17(10)22)19-16(21)13-7-11-4-3-5-12(8-13)15(11)18;/h6,9,11-13,15H,3-5,7-8,18H2,1-2H3,(H,19,21);1H. The fourth-order valence-electron chi connectivity index (χ4n) is 4.19. The minimum Gasteiger partial charge on any atom is -0.327 e. The quantitative estimate of drug-likeness (QED) is 0.867. The lowest BCUT2D eigenvalue weighted by Gasteiger charge is -2.43. The summed E-state index contributed by atoms with van der Waals surface area (Å²) in [5.41, 5.74) is 7.59. The van der Waals surface area contributed by atoms with Gasteiger partial charge < -0.3 is 15.6 Å². The molecule has 1 heterocycles. The number of pyridine rings is 1. The first-order valence-corrected chi connectivity index (χ1v) is 8.19. The highest BCUT2D eigenvalue weighted by Gasteiger charge is 2.40. The maximum atomic E-state index is 12.6. The zero-order valence-corrected chi connectivity index (χ0v) is 14.6. The van der Waals surface area contributed by atoms with Crippen LogP contribution >= 0.6 is 12.4 Å². The highest BCUT2D eigenvalue weighted by molar-refractivity contribution is 5.92. The Morgan fingerprint density at radius 2 is 1.91 bits per heavy atom. The largest absolute Gasteiger partial charge is 0.327 e. The Morgan fingerprint density at radius 3 is 2.48 bits per heavy atom. The smallest absolute Gasteiger partial charge is 0.253 e. The van der Waals surface area contributed by atoms with Gasteiger partial charge in [0.25, 0.3) is 5.56 Å². The van der Waals surface area contributed by atoms with Crippen molar-refractivity contribution >= 4 is 24.0 Å². The lowest BCUT2D eigenvalue weighted by molar-refractivity contribution is -0.122. The van der Waals surface area contributed by atoms with Gasteiger partial charge in [-0.1, -0.05) is 6.42 Å². The zero-order chi connectivity index (χ0) is 15.9. The maximum absolute atomic E-state index is 12.6. The number of nitrogens with one attached hydrogen (secondary N) is 1. The molecule has 2 fully saturated rings. The number of aryl methyl sites for hydroxylation is 2. The van der Waals surface area contributed by atoms with E-state index in [0.717, 1.165) is 25.7 Å². The van der Waals surface area contributed by atoms with Gasteiger partial charge in [-0.3, -0.25) is 9.59 Å². The lowest BCUT2D eigenvalue weighted by atomic mass is 9.65. The van der Waals surface area contributed by atoms with Gasteiger partial charge in [0.15, 0.2) is 0 Å². The lowest BCUT2D eigenvalue weighted by Crippen LogP contribution is -2.48. The number of fused-ring (bicyclic) bond motifs is 2. The summed E-state index contributed by atoms with van der Waals surface area (Å²) >= 11 is 0. The Labute approximate surface area is 143 Å². The molecule has 3 N–H and O–H groups in total. The maximum Gasteiger partial charge on any atom is 0.253 e. The van der Waals surface area contributed by atoms with E-state index in [1.165, 1.54) is 11.0 Å². The van der Waals surface area contributed by atoms with Crippen molar-refractivity contribution in [1.29, 1.82) is 0 Å². The van der Waals surface area contributed by atoms with Crippen molar-refractivity contribution in [3.63, 3.8) is 0 Å². The summed E-state index contributed by atoms with van der Waals surface area (Å²) in [7, 11) is 1.70. The first-order chi connectivity index (χ1) is 10.5. The summed E-state index contributed by atoms with van der Waals surface area (Å²) in [5.74, 6) is 1.10. The molecule has 128 valence electrons. The van der Waals surface area contributed by atoms with Crippen molar-refractivity contribution in [1.82, 2.24) is 4.57 Å². The third-order valence-electron chi connectivity index (χ3n) is 5.41. The number of aromatic nitrogens is 1. The van der Waals surface area contributed by atoms with Gasteiger partial charge in [0.05, 0.1) is 5.69 Å². The Bertz CT molecular complexity index is 603. The average molecular weight is 340 g/mol. The Balaban J connectivity index is 0.00000192. The van der Waals surface area contributed by atoms with Crippen molar-refractivity contribution in [2.45, 2.75) is 45.1 Å². The Kier molecular flexibility index (Phi) is 5.53. The van der Waals surface area contributed by atoms with Gasteiger partial charge >= 0.3 is 0 Å². The van der Waals surface area contributed by atoms with E-state index < -0.39 is 0 Å². The molecule has 3 rings (SSSR count). The Hall–Kier alpha value is -1.33. The third kappa shape index (κ3) is 3.61. The van der Waals surface area contributed by atoms with Gasteiger partial charge in [-0.05, 0) is 50.5 Å². The van der Waals surface area contributed by atoms with Crippen LogP contribution in [0.5, 0.6) is 0 Å². The summed E-state index contributed by atoms with van der Waals surface area (Å²) < 4.78 is 1.51. The summed E-state index contributed by atoms with van der Waals surface area (Å²) in [6.45, 7) is 1.77. The zero-order valence-electron chi connectivity index (χ0n) is 13.7. The number of anilines is 1. The molecule has 6 heteroatoms. The van der Waals surface area contributed by atoms with Gasteiger partial charge in [-0.15, -0.1) is 12.4 Å². The minimum absolute atomic E-state index is 0. The second kappa shape index (κ2) is 7.05. The summed E-state index contributed by atoms with van der Waals surface area (Å²) in [6, 6.07) is 2.02. The molecular formula is C17H26ClN3O2. The van der Waals surface area contributed by atoms with Crippen LogP contribution in [0.4, 0.5) is 5.69 Å². The molecule has 1 amide bonds. The van der Waals surface area contributed by atoms with E-state index in [0.29, 0.717) is 23.1 Å². The minimum atomic E-state index is -0.0313. The molecule has 2 saturated carbocycles. The number of nitrogens with two attached hydrogens (primary N) is 1. The molecule has 0 saturated heterocycles. The fraction of sp³-hybridized carbons (Fsp3) is 0.647. The van der Waals surface area contributed by atoms with Crippen molar-refractivity contribution in [3.8, 4) is 0 Å². The molecule has 2 unspecified atom stereocenters. The molecule has 2 atom stereocenters. The molecule has 0 aromatic carbocycles. The highest BCUT2D eigenvalue weighted by Crippen LogP contribution is 2.42. The first kappa shape index (κ1) is 18.0. The van der Waals surface area contributed by atoms with Crippen LogP contribution in [-0.2, 0) is 11.8 Å². The van der Waals surface area contributed by atoms with Crippen LogP contribution < -0.4 is 16.6 Å². The summed E-state index contributed by atoms with van der Waals surface area (Å²) in [5, 5.41) is 2.99. The third-order valence-corrected chi connectivity index (χ3v) is 5.41. The van der Waals surface area contributed by atoms with Crippen molar-refractivity contribution in [3.05, 3.63) is 28.2 Å². The number of nitrogens with zero attached hydrogens (tertiary/aromatic N) is 1. The summed E-state index contributed by atoms with van der Waals surface area (Å²) in [4.78, 5) is 24.3. The molecule has 0 spiro atoms. The highest BCUT2D eigenvalue weighted by atomic mass is 35.5. The van der Waals surface area contributed by atoms with Crippen LogP contribution in [-0.4, -0.2) is 16.5 Å². The molecule has 1 aromatic rings. The van der Waals surface area contributed by atoms with Crippen LogP contribution in [0.1, 0.15) is 37.7 Å². The topological polar surface area (TPSA) is 77.1 Å². The van der Waals surface area contributed by atoms with Gasteiger partial charge in [0, 0.05) is 30.8 Å². The van der Waals surface area contributed by atoms with Crippen LogP contribution in [0.3, 0.4) is 0 Å². The molecule has 2 bridgehead atoms. The monoisotopic (exact) mass is 339 g/mol. The van der Waals surface area contributed by atoms with E-state index in [2.05, 4.69) is 5.32 Å². The molecular weight excluding hydrogens is 314 g/mol.